The summed E-state index contributed by atoms with van der Waals surface area (Å²) < 4.78 is 16.8. The number of likely N-dealkylation sites (tertiary alicyclic amines) is 1. The van der Waals surface area contributed by atoms with Gasteiger partial charge in [0.05, 0.1) is 17.7 Å². The molecule has 2 aliphatic rings. The molecule has 0 saturated carbocycles. The summed E-state index contributed by atoms with van der Waals surface area (Å²) in [7, 11) is 1.71. The van der Waals surface area contributed by atoms with Crippen LogP contribution in [0.15, 0.2) is 72.8 Å². The molecule has 0 aliphatic carbocycles. The monoisotopic (exact) mass is 562 g/mol. The number of carbonyl (C=O) groups is 2. The first kappa shape index (κ1) is 33.4. The van der Waals surface area contributed by atoms with Gasteiger partial charge in [-0.25, -0.2) is 0 Å². The van der Waals surface area contributed by atoms with Crippen molar-refractivity contribution in [3.63, 3.8) is 0 Å². The number of rotatable bonds is 5. The molecule has 41 heavy (non-hydrogen) atoms. The molecular weight excluding hydrogens is 516 g/mol. The Morgan fingerprint density at radius 1 is 0.902 bits per heavy atom. The van der Waals surface area contributed by atoms with Crippen LogP contribution in [0.2, 0.25) is 0 Å². The maximum atomic E-state index is 13.1. The normalized spacial score (nSPS) is 15.5. The molecule has 0 N–H and O–H groups in total. The van der Waals surface area contributed by atoms with E-state index in [1.54, 1.807) is 16.9 Å². The molecule has 7 heteroatoms. The lowest BCUT2D eigenvalue weighted by atomic mass is 10.0. The highest BCUT2D eigenvalue weighted by Crippen LogP contribution is 2.33. The second-order valence-corrected chi connectivity index (χ2v) is 10.0. The topological polar surface area (TPSA) is 68.3 Å². The molecule has 0 aromatic heterocycles. The van der Waals surface area contributed by atoms with Crippen molar-refractivity contribution in [2.75, 3.05) is 31.8 Å². The predicted octanol–water partition coefficient (Wildman–Crippen LogP) is 7.44. The van der Waals surface area contributed by atoms with Gasteiger partial charge < -0.3 is 19.1 Å². The Kier molecular flexibility index (Phi) is 13.4. The van der Waals surface area contributed by atoms with Crippen molar-refractivity contribution in [2.24, 2.45) is 0 Å². The third-order valence-corrected chi connectivity index (χ3v) is 6.30. The zero-order chi connectivity index (χ0) is 30.4. The molecule has 1 atom stereocenters. The Labute approximate surface area is 246 Å². The summed E-state index contributed by atoms with van der Waals surface area (Å²) >= 11 is 0. The van der Waals surface area contributed by atoms with E-state index in [0.29, 0.717) is 17.9 Å². The summed E-state index contributed by atoms with van der Waals surface area (Å²) in [6.07, 6.45) is 1.68. The lowest BCUT2D eigenvalue weighted by Crippen LogP contribution is -2.38. The summed E-state index contributed by atoms with van der Waals surface area (Å²) in [6, 6.07) is 23.1. The summed E-state index contributed by atoms with van der Waals surface area (Å²) in [5.41, 5.74) is 3.43. The highest BCUT2D eigenvalue weighted by atomic mass is 16.5. The zero-order valence-electron chi connectivity index (χ0n) is 25.8. The van der Waals surface area contributed by atoms with Gasteiger partial charge in [-0.15, -0.1) is 0 Å². The summed E-state index contributed by atoms with van der Waals surface area (Å²) in [5, 5.41) is 0. The van der Waals surface area contributed by atoms with Crippen molar-refractivity contribution in [3.8, 4) is 22.6 Å². The van der Waals surface area contributed by atoms with Gasteiger partial charge in [0.1, 0.15) is 17.6 Å². The van der Waals surface area contributed by atoms with Crippen LogP contribution in [0.3, 0.4) is 0 Å². The van der Waals surface area contributed by atoms with Crippen LogP contribution in [0.4, 0.5) is 5.69 Å². The Bertz CT molecular complexity index is 1210. The van der Waals surface area contributed by atoms with Crippen LogP contribution in [0, 0.1) is 0 Å². The van der Waals surface area contributed by atoms with E-state index in [-0.39, 0.29) is 24.3 Å². The highest BCUT2D eigenvalue weighted by Gasteiger charge is 2.27. The molecule has 0 radical (unpaired) electrons. The molecule has 7 nitrogen and oxygen atoms in total. The van der Waals surface area contributed by atoms with Gasteiger partial charge in [0.25, 0.3) is 5.91 Å². The molecule has 0 bridgehead atoms. The number of methoxy groups -OCH3 is 1. The number of nitrogens with zero attached hydrogens (tertiary/aromatic N) is 2. The molecule has 3 aromatic rings. The Morgan fingerprint density at radius 3 is 2.10 bits per heavy atom. The number of benzene rings is 3. The molecule has 1 fully saturated rings. The third kappa shape index (κ3) is 9.64. The zero-order valence-corrected chi connectivity index (χ0v) is 25.8. The number of hydrogen-bond acceptors (Lipinski definition) is 5. The smallest absolute Gasteiger partial charge is 0.264 e. The van der Waals surface area contributed by atoms with E-state index in [0.717, 1.165) is 41.9 Å². The van der Waals surface area contributed by atoms with E-state index < -0.39 is 0 Å². The van der Waals surface area contributed by atoms with Gasteiger partial charge in [0, 0.05) is 25.8 Å². The molecule has 2 heterocycles. The second kappa shape index (κ2) is 16.4. The second-order valence-electron chi connectivity index (χ2n) is 10.0. The largest absolute Gasteiger partial charge is 0.489 e. The van der Waals surface area contributed by atoms with Crippen molar-refractivity contribution in [2.45, 2.75) is 66.6 Å². The van der Waals surface area contributed by atoms with E-state index in [2.05, 4.69) is 0 Å². The molecule has 1 unspecified atom stereocenters. The molecule has 2 amide bonds. The van der Waals surface area contributed by atoms with Crippen LogP contribution in [-0.2, 0) is 9.53 Å². The van der Waals surface area contributed by atoms with Crippen molar-refractivity contribution >= 4 is 18.0 Å². The van der Waals surface area contributed by atoms with Gasteiger partial charge in [0.15, 0.2) is 6.73 Å². The van der Waals surface area contributed by atoms with E-state index in [4.69, 9.17) is 14.2 Å². The maximum absolute atomic E-state index is 13.1. The molecule has 5 rings (SSSR count). The Balaban J connectivity index is 0.000000517. The molecular formula is C34H46N2O5. The van der Waals surface area contributed by atoms with Gasteiger partial charge in [-0.1, -0.05) is 64.1 Å². The number of ether oxygens (including phenoxy) is 3. The predicted molar refractivity (Wildman–Crippen MR) is 167 cm³/mol. The first-order valence-corrected chi connectivity index (χ1v) is 14.4. The third-order valence-electron chi connectivity index (χ3n) is 6.30. The van der Waals surface area contributed by atoms with Crippen molar-refractivity contribution in [1.29, 1.82) is 0 Å². The van der Waals surface area contributed by atoms with Crippen LogP contribution < -0.4 is 14.4 Å². The van der Waals surface area contributed by atoms with Gasteiger partial charge in [-0.3, -0.25) is 14.5 Å². The van der Waals surface area contributed by atoms with Crippen molar-refractivity contribution in [1.82, 2.24) is 4.90 Å². The van der Waals surface area contributed by atoms with Crippen LogP contribution >= 0.6 is 0 Å². The lowest BCUT2D eigenvalue weighted by Gasteiger charge is -2.29. The minimum Gasteiger partial charge on any atom is -0.489 e. The summed E-state index contributed by atoms with van der Waals surface area (Å²) in [6.45, 7) is 15.5. The Morgan fingerprint density at radius 2 is 1.54 bits per heavy atom. The van der Waals surface area contributed by atoms with Gasteiger partial charge >= 0.3 is 0 Å². The quantitative estimate of drug-likeness (QED) is 0.302. The Hall–Kier alpha value is -3.84. The standard InChI is InChI=1S/C25H22N2O4.C5H12O.2C2H6/c28-16-26-13-12-22(15-26)31-21-9-7-20(8-10-21)27-17-30-24-14-19(6-11-23(24)25(27)29)18-4-2-1-3-5-18;1-5(2,3)6-4;2*1-2/h1-11,14,16,22H,12-13,15,17H2;1-4H3;2*1-2H3. The summed E-state index contributed by atoms with van der Waals surface area (Å²) in [4.78, 5) is 27.2. The fourth-order valence-corrected chi connectivity index (χ4v) is 4.00. The molecule has 0 spiro atoms. The average molecular weight is 563 g/mol. The lowest BCUT2D eigenvalue weighted by molar-refractivity contribution is -0.117. The molecule has 1 saturated heterocycles. The minimum absolute atomic E-state index is 0.00156. The highest BCUT2D eigenvalue weighted by molar-refractivity contribution is 6.09. The maximum Gasteiger partial charge on any atom is 0.264 e. The minimum atomic E-state index is -0.0908. The number of hydrogen-bond donors (Lipinski definition) is 0. The molecule has 222 valence electrons. The fourth-order valence-electron chi connectivity index (χ4n) is 4.00. The van der Waals surface area contributed by atoms with Crippen LogP contribution in [0.1, 0.15) is 65.2 Å². The van der Waals surface area contributed by atoms with E-state index in [9.17, 15) is 9.59 Å². The number of anilines is 1. The van der Waals surface area contributed by atoms with E-state index in [1.165, 1.54) is 0 Å². The number of fused-ring (bicyclic) bond motifs is 1. The number of amides is 2. The SMILES string of the molecule is CC.CC.COC(C)(C)C.O=CN1CCC(Oc2ccc(N3COc4cc(-c5ccccc5)ccc4C3=O)cc2)C1. The molecule has 2 aliphatic heterocycles. The summed E-state index contributed by atoms with van der Waals surface area (Å²) in [5.74, 6) is 1.23. The van der Waals surface area contributed by atoms with Gasteiger partial charge in [-0.05, 0) is 68.3 Å². The fraction of sp³-hybridized carbons (Fsp3) is 0.412. The van der Waals surface area contributed by atoms with Crippen LogP contribution in [-0.4, -0.2) is 55.9 Å². The first-order valence-electron chi connectivity index (χ1n) is 14.4. The van der Waals surface area contributed by atoms with E-state index in [1.807, 2.05) is 121 Å². The van der Waals surface area contributed by atoms with Gasteiger partial charge in [-0.2, -0.15) is 0 Å². The van der Waals surface area contributed by atoms with Crippen molar-refractivity contribution in [3.05, 3.63) is 78.4 Å². The molecule has 3 aromatic carbocycles. The van der Waals surface area contributed by atoms with E-state index >= 15 is 0 Å². The van der Waals surface area contributed by atoms with Gasteiger partial charge in [0.2, 0.25) is 6.41 Å². The van der Waals surface area contributed by atoms with Crippen LogP contribution in [0.25, 0.3) is 11.1 Å². The average Bonchev–Trinajstić information content (AvgIpc) is 3.48. The van der Waals surface area contributed by atoms with Crippen molar-refractivity contribution < 1.29 is 23.8 Å². The first-order chi connectivity index (χ1) is 19.8. The number of carbonyl (C=O) groups excluding carboxylic acids is 2. The van der Waals surface area contributed by atoms with Crippen LogP contribution in [0.5, 0.6) is 11.5 Å².